The molecule has 0 heterocycles. The number of benzene rings is 1. The largest absolute Gasteiger partial charge is 0.489 e. The van der Waals surface area contributed by atoms with E-state index in [1.54, 1.807) is 0 Å². The summed E-state index contributed by atoms with van der Waals surface area (Å²) < 4.78 is 5.69. The Morgan fingerprint density at radius 2 is 1.78 bits per heavy atom. The van der Waals surface area contributed by atoms with Gasteiger partial charge in [-0.15, -0.1) is 0 Å². The van der Waals surface area contributed by atoms with Gasteiger partial charge in [-0.3, -0.25) is 9.59 Å². The average Bonchev–Trinajstić information content (AvgIpc) is 3.27. The van der Waals surface area contributed by atoms with Crippen LogP contribution >= 0.6 is 0 Å². The normalized spacial score (nSPS) is 19.6. The van der Waals surface area contributed by atoms with E-state index in [1.165, 1.54) is 0 Å². The van der Waals surface area contributed by atoms with Gasteiger partial charge in [0.1, 0.15) is 5.75 Å². The maximum atomic E-state index is 12.3. The van der Waals surface area contributed by atoms with Crippen molar-refractivity contribution in [2.45, 2.75) is 40.2 Å². The van der Waals surface area contributed by atoms with Crippen LogP contribution in [-0.4, -0.2) is 24.5 Å². The Bertz CT molecular complexity index is 569. The van der Waals surface area contributed by atoms with Crippen LogP contribution in [0.2, 0.25) is 0 Å². The fourth-order valence-corrected chi connectivity index (χ4v) is 2.36. The van der Waals surface area contributed by atoms with E-state index in [0.717, 1.165) is 0 Å². The highest BCUT2D eigenvalue weighted by atomic mass is 16.5. The minimum Gasteiger partial charge on any atom is -0.489 e. The molecule has 0 saturated heterocycles. The van der Waals surface area contributed by atoms with Crippen molar-refractivity contribution in [1.82, 2.24) is 5.32 Å². The molecule has 0 aromatic heterocycles. The van der Waals surface area contributed by atoms with E-state index in [1.807, 2.05) is 52.0 Å². The standard InChI is InChI=1S/C18H26N2O3/c1-11(2)10-19-17(21)13-9-14(13)18(22)20-15-7-5-6-8-16(15)23-12(3)4/h5-8,11-14H,9-10H2,1-4H3,(H,19,21)(H,20,22). The second-order valence-electron chi connectivity index (χ2n) is 6.74. The number of ether oxygens (including phenoxy) is 1. The van der Waals surface area contributed by atoms with Gasteiger partial charge in [-0.25, -0.2) is 0 Å². The van der Waals surface area contributed by atoms with Gasteiger partial charge in [0.15, 0.2) is 0 Å². The Balaban J connectivity index is 1.90. The van der Waals surface area contributed by atoms with E-state index in [9.17, 15) is 9.59 Å². The van der Waals surface area contributed by atoms with Gasteiger partial charge >= 0.3 is 0 Å². The fourth-order valence-electron chi connectivity index (χ4n) is 2.36. The van der Waals surface area contributed by atoms with E-state index in [4.69, 9.17) is 4.74 Å². The molecule has 0 aliphatic heterocycles. The third-order valence-electron chi connectivity index (χ3n) is 3.66. The van der Waals surface area contributed by atoms with Gasteiger partial charge in [0.2, 0.25) is 11.8 Å². The van der Waals surface area contributed by atoms with Crippen LogP contribution in [0.5, 0.6) is 5.75 Å². The first-order valence-corrected chi connectivity index (χ1v) is 8.22. The number of amides is 2. The molecule has 5 heteroatoms. The first kappa shape index (κ1) is 17.3. The molecule has 2 atom stereocenters. The third kappa shape index (κ3) is 4.98. The van der Waals surface area contributed by atoms with Gasteiger partial charge in [-0.1, -0.05) is 26.0 Å². The van der Waals surface area contributed by atoms with Crippen LogP contribution in [0.25, 0.3) is 0 Å². The summed E-state index contributed by atoms with van der Waals surface area (Å²) in [5.74, 6) is 0.476. The zero-order chi connectivity index (χ0) is 17.0. The molecule has 126 valence electrons. The fraction of sp³-hybridized carbons (Fsp3) is 0.556. The van der Waals surface area contributed by atoms with Gasteiger partial charge in [-0.2, -0.15) is 0 Å². The van der Waals surface area contributed by atoms with Gasteiger partial charge in [0.05, 0.1) is 23.6 Å². The quantitative estimate of drug-likeness (QED) is 0.812. The molecule has 2 amide bonds. The summed E-state index contributed by atoms with van der Waals surface area (Å²) in [6.45, 7) is 8.62. The zero-order valence-corrected chi connectivity index (χ0v) is 14.3. The Morgan fingerprint density at radius 1 is 1.13 bits per heavy atom. The summed E-state index contributed by atoms with van der Waals surface area (Å²) >= 11 is 0. The van der Waals surface area contributed by atoms with Crippen LogP contribution in [0, 0.1) is 17.8 Å². The molecule has 0 spiro atoms. The summed E-state index contributed by atoms with van der Waals surface area (Å²) in [6.07, 6.45) is 0.645. The smallest absolute Gasteiger partial charge is 0.228 e. The second-order valence-corrected chi connectivity index (χ2v) is 6.74. The molecule has 2 unspecified atom stereocenters. The van der Waals surface area contributed by atoms with Crippen LogP contribution < -0.4 is 15.4 Å². The van der Waals surface area contributed by atoms with Crippen molar-refractivity contribution in [3.63, 3.8) is 0 Å². The van der Waals surface area contributed by atoms with E-state index >= 15 is 0 Å². The highest BCUT2D eigenvalue weighted by Crippen LogP contribution is 2.40. The zero-order valence-electron chi connectivity index (χ0n) is 14.3. The number of nitrogens with one attached hydrogen (secondary N) is 2. The summed E-state index contributed by atoms with van der Waals surface area (Å²) in [5, 5.41) is 5.77. The molecule has 2 rings (SSSR count). The molecule has 1 saturated carbocycles. The van der Waals surface area contributed by atoms with Crippen molar-refractivity contribution in [2.24, 2.45) is 17.8 Å². The molecule has 0 radical (unpaired) electrons. The van der Waals surface area contributed by atoms with Crippen LogP contribution in [0.15, 0.2) is 24.3 Å². The lowest BCUT2D eigenvalue weighted by Gasteiger charge is -2.14. The molecule has 23 heavy (non-hydrogen) atoms. The predicted molar refractivity (Wildman–Crippen MR) is 90.3 cm³/mol. The summed E-state index contributed by atoms with van der Waals surface area (Å²) in [4.78, 5) is 24.3. The van der Waals surface area contributed by atoms with Crippen LogP contribution in [0.1, 0.15) is 34.1 Å². The number of carbonyl (C=O) groups is 2. The van der Waals surface area contributed by atoms with E-state index in [2.05, 4.69) is 10.6 Å². The lowest BCUT2D eigenvalue weighted by Crippen LogP contribution is -2.30. The van der Waals surface area contributed by atoms with E-state index < -0.39 is 0 Å². The number of hydrogen-bond donors (Lipinski definition) is 2. The average molecular weight is 318 g/mol. The maximum Gasteiger partial charge on any atom is 0.228 e. The molecule has 0 bridgehead atoms. The van der Waals surface area contributed by atoms with Crippen molar-refractivity contribution in [2.75, 3.05) is 11.9 Å². The van der Waals surface area contributed by atoms with Crippen LogP contribution in [0.3, 0.4) is 0 Å². The minimum atomic E-state index is -0.241. The summed E-state index contributed by atoms with van der Waals surface area (Å²) in [7, 11) is 0. The van der Waals surface area contributed by atoms with Crippen molar-refractivity contribution in [3.8, 4) is 5.75 Å². The number of rotatable bonds is 7. The van der Waals surface area contributed by atoms with Crippen LogP contribution in [0.4, 0.5) is 5.69 Å². The monoisotopic (exact) mass is 318 g/mol. The molecule has 1 aromatic rings. The Hall–Kier alpha value is -2.04. The van der Waals surface area contributed by atoms with Gasteiger partial charge in [0, 0.05) is 6.54 Å². The lowest BCUT2D eigenvalue weighted by atomic mass is 10.2. The SMILES string of the molecule is CC(C)CNC(=O)C1CC1C(=O)Nc1ccccc1OC(C)C. The predicted octanol–water partition coefficient (Wildman–Crippen LogP) is 2.82. The van der Waals surface area contributed by atoms with E-state index in [0.29, 0.717) is 30.3 Å². The number of hydrogen-bond acceptors (Lipinski definition) is 3. The van der Waals surface area contributed by atoms with Crippen molar-refractivity contribution in [3.05, 3.63) is 24.3 Å². The third-order valence-corrected chi connectivity index (χ3v) is 3.66. The molecule has 1 aliphatic rings. The van der Waals surface area contributed by atoms with Crippen LogP contribution in [-0.2, 0) is 9.59 Å². The lowest BCUT2D eigenvalue weighted by molar-refractivity contribution is -0.125. The number of anilines is 1. The van der Waals surface area contributed by atoms with E-state index in [-0.39, 0.29) is 29.8 Å². The summed E-state index contributed by atoms with van der Waals surface area (Å²) in [6, 6.07) is 7.36. The highest BCUT2D eigenvalue weighted by Gasteiger charge is 2.48. The van der Waals surface area contributed by atoms with Crippen molar-refractivity contribution < 1.29 is 14.3 Å². The molecule has 5 nitrogen and oxygen atoms in total. The molecular weight excluding hydrogens is 292 g/mol. The molecule has 1 aliphatic carbocycles. The van der Waals surface area contributed by atoms with Gasteiger partial charge in [-0.05, 0) is 38.3 Å². The highest BCUT2D eigenvalue weighted by molar-refractivity contribution is 6.00. The molecule has 1 fully saturated rings. The topological polar surface area (TPSA) is 67.4 Å². The first-order valence-electron chi connectivity index (χ1n) is 8.22. The minimum absolute atomic E-state index is 0.0226. The molecule has 1 aromatic carbocycles. The second kappa shape index (κ2) is 7.49. The Labute approximate surface area is 137 Å². The number of carbonyl (C=O) groups excluding carboxylic acids is 2. The summed E-state index contributed by atoms with van der Waals surface area (Å²) in [5.41, 5.74) is 0.652. The van der Waals surface area contributed by atoms with Gasteiger partial charge in [0.25, 0.3) is 0 Å². The Kier molecular flexibility index (Phi) is 5.64. The van der Waals surface area contributed by atoms with Crippen molar-refractivity contribution >= 4 is 17.5 Å². The maximum absolute atomic E-state index is 12.3. The molecule has 2 N–H and O–H groups in total. The van der Waals surface area contributed by atoms with Gasteiger partial charge < -0.3 is 15.4 Å². The first-order chi connectivity index (χ1) is 10.9. The number of para-hydroxylation sites is 2. The molecular formula is C18H26N2O3. The Morgan fingerprint density at radius 3 is 2.43 bits per heavy atom. The van der Waals surface area contributed by atoms with Crippen molar-refractivity contribution in [1.29, 1.82) is 0 Å².